The summed E-state index contributed by atoms with van der Waals surface area (Å²) in [5, 5.41) is 3.22. The zero-order chi connectivity index (χ0) is 16.1. The van der Waals surface area contributed by atoms with Crippen molar-refractivity contribution in [3.63, 3.8) is 0 Å². The van der Waals surface area contributed by atoms with E-state index in [1.807, 2.05) is 13.8 Å². The molecule has 0 saturated carbocycles. The van der Waals surface area contributed by atoms with Crippen LogP contribution in [0.15, 0.2) is 0 Å². The van der Waals surface area contributed by atoms with Crippen LogP contribution < -0.4 is 11.1 Å². The molecule has 124 valence electrons. The highest BCUT2D eigenvalue weighted by molar-refractivity contribution is 5.84. The summed E-state index contributed by atoms with van der Waals surface area (Å²) >= 11 is 0. The highest BCUT2D eigenvalue weighted by atomic mass is 16.1. The van der Waals surface area contributed by atoms with E-state index in [1.54, 1.807) is 0 Å². The van der Waals surface area contributed by atoms with Gasteiger partial charge in [0.05, 0.1) is 5.54 Å². The smallest absolute Gasteiger partial charge is 0.237 e. The monoisotopic (exact) mass is 298 g/mol. The van der Waals surface area contributed by atoms with Crippen LogP contribution in [0, 0.1) is 0 Å². The lowest BCUT2D eigenvalue weighted by Crippen LogP contribution is -2.57. The van der Waals surface area contributed by atoms with E-state index < -0.39 is 5.54 Å². The molecule has 1 amide bonds. The van der Waals surface area contributed by atoms with Crippen LogP contribution in [0.3, 0.4) is 0 Å². The Labute approximate surface area is 130 Å². The Morgan fingerprint density at radius 2 is 2.00 bits per heavy atom. The molecular formula is C16H34N4O. The molecule has 3 N–H and O–H groups in total. The molecule has 1 rings (SSSR count). The first-order chi connectivity index (χ1) is 9.71. The van der Waals surface area contributed by atoms with Crippen molar-refractivity contribution in [2.75, 3.05) is 39.8 Å². The highest BCUT2D eigenvalue weighted by Crippen LogP contribution is 2.20. The standard InChI is InChI=1S/C16H34N4O/c1-6-18-16(4,14(17)21)9-7-8-10-20-12-11-19(5)15(2,3)13-20/h18H,6-13H2,1-5H3,(H2,17,21). The maximum absolute atomic E-state index is 11.6. The van der Waals surface area contributed by atoms with E-state index >= 15 is 0 Å². The summed E-state index contributed by atoms with van der Waals surface area (Å²) in [6.07, 6.45) is 2.96. The van der Waals surface area contributed by atoms with Gasteiger partial charge in [-0.2, -0.15) is 0 Å². The summed E-state index contributed by atoms with van der Waals surface area (Å²) in [5.74, 6) is -0.245. The third kappa shape index (κ3) is 5.24. The number of carbonyl (C=O) groups is 1. The molecule has 5 nitrogen and oxygen atoms in total. The number of likely N-dealkylation sites (N-methyl/N-ethyl adjacent to an activating group) is 2. The Balaban J connectivity index is 2.32. The van der Waals surface area contributed by atoms with Gasteiger partial charge in [-0.05, 0) is 60.2 Å². The zero-order valence-electron chi connectivity index (χ0n) is 14.5. The molecule has 0 aromatic rings. The van der Waals surface area contributed by atoms with Gasteiger partial charge in [-0.1, -0.05) is 6.92 Å². The van der Waals surface area contributed by atoms with Gasteiger partial charge in [-0.3, -0.25) is 9.69 Å². The van der Waals surface area contributed by atoms with Crippen LogP contribution in [-0.4, -0.2) is 66.6 Å². The van der Waals surface area contributed by atoms with Crippen molar-refractivity contribution in [2.45, 2.75) is 58.0 Å². The second-order valence-electron chi connectivity index (χ2n) is 7.19. The summed E-state index contributed by atoms with van der Waals surface area (Å²) in [7, 11) is 2.20. The van der Waals surface area contributed by atoms with Crippen molar-refractivity contribution in [3.05, 3.63) is 0 Å². The predicted molar refractivity (Wildman–Crippen MR) is 88.3 cm³/mol. The summed E-state index contributed by atoms with van der Waals surface area (Å²) in [6.45, 7) is 13.8. The summed E-state index contributed by atoms with van der Waals surface area (Å²) in [6, 6.07) is 0. The zero-order valence-corrected chi connectivity index (χ0v) is 14.5. The van der Waals surface area contributed by atoms with Crippen LogP contribution in [0.2, 0.25) is 0 Å². The first-order valence-corrected chi connectivity index (χ1v) is 8.20. The van der Waals surface area contributed by atoms with Gasteiger partial charge in [0.2, 0.25) is 5.91 Å². The molecule has 0 aromatic heterocycles. The second-order valence-corrected chi connectivity index (χ2v) is 7.19. The van der Waals surface area contributed by atoms with Crippen LogP contribution in [0.4, 0.5) is 0 Å². The Kier molecular flexibility index (Phi) is 6.63. The van der Waals surface area contributed by atoms with Crippen molar-refractivity contribution in [3.8, 4) is 0 Å². The van der Waals surface area contributed by atoms with E-state index in [-0.39, 0.29) is 11.4 Å². The topological polar surface area (TPSA) is 61.6 Å². The third-order valence-corrected chi connectivity index (χ3v) is 4.91. The summed E-state index contributed by atoms with van der Waals surface area (Å²) < 4.78 is 0. The SMILES string of the molecule is CCNC(C)(CCCCN1CCN(C)C(C)(C)C1)C(N)=O. The number of nitrogens with zero attached hydrogens (tertiary/aromatic N) is 2. The van der Waals surface area contributed by atoms with E-state index in [0.29, 0.717) is 0 Å². The number of hydrogen-bond donors (Lipinski definition) is 2. The van der Waals surface area contributed by atoms with Crippen LogP contribution in [0.25, 0.3) is 0 Å². The average molecular weight is 298 g/mol. The maximum atomic E-state index is 11.6. The van der Waals surface area contributed by atoms with Gasteiger partial charge in [-0.15, -0.1) is 0 Å². The normalized spacial score (nSPS) is 22.9. The molecule has 5 heteroatoms. The van der Waals surface area contributed by atoms with Crippen molar-refractivity contribution in [2.24, 2.45) is 5.73 Å². The largest absolute Gasteiger partial charge is 0.368 e. The fourth-order valence-electron chi connectivity index (χ4n) is 3.03. The average Bonchev–Trinajstić information content (AvgIpc) is 2.38. The number of piperazine rings is 1. The second kappa shape index (κ2) is 7.56. The quantitative estimate of drug-likeness (QED) is 0.657. The maximum Gasteiger partial charge on any atom is 0.237 e. The molecule has 1 saturated heterocycles. The van der Waals surface area contributed by atoms with E-state index in [2.05, 4.69) is 36.0 Å². The molecule has 1 unspecified atom stereocenters. The van der Waals surface area contributed by atoms with Gasteiger partial charge >= 0.3 is 0 Å². The van der Waals surface area contributed by atoms with Gasteiger partial charge in [0.1, 0.15) is 0 Å². The summed E-state index contributed by atoms with van der Waals surface area (Å²) in [5.41, 5.74) is 5.21. The molecule has 0 radical (unpaired) electrons. The molecule has 0 spiro atoms. The lowest BCUT2D eigenvalue weighted by atomic mass is 9.93. The van der Waals surface area contributed by atoms with Gasteiger partial charge in [-0.25, -0.2) is 0 Å². The lowest BCUT2D eigenvalue weighted by Gasteiger charge is -2.45. The number of nitrogens with one attached hydrogen (secondary N) is 1. The fourth-order valence-corrected chi connectivity index (χ4v) is 3.03. The number of hydrogen-bond acceptors (Lipinski definition) is 4. The van der Waals surface area contributed by atoms with Crippen molar-refractivity contribution in [1.29, 1.82) is 0 Å². The molecule has 0 bridgehead atoms. The number of rotatable bonds is 8. The Hall–Kier alpha value is -0.650. The lowest BCUT2D eigenvalue weighted by molar-refractivity contribution is -0.124. The molecule has 1 atom stereocenters. The molecule has 1 heterocycles. The Morgan fingerprint density at radius 1 is 1.33 bits per heavy atom. The van der Waals surface area contributed by atoms with Crippen LogP contribution in [0.5, 0.6) is 0 Å². The number of unbranched alkanes of at least 4 members (excludes halogenated alkanes) is 1. The van der Waals surface area contributed by atoms with E-state index in [1.165, 1.54) is 0 Å². The number of amides is 1. The Morgan fingerprint density at radius 3 is 2.52 bits per heavy atom. The van der Waals surface area contributed by atoms with Crippen molar-refractivity contribution < 1.29 is 4.79 Å². The van der Waals surface area contributed by atoms with Crippen LogP contribution >= 0.6 is 0 Å². The van der Waals surface area contributed by atoms with E-state index in [9.17, 15) is 4.79 Å². The number of nitrogens with two attached hydrogens (primary N) is 1. The Bertz CT molecular complexity index is 345. The molecule has 1 fully saturated rings. The first kappa shape index (κ1) is 18.4. The third-order valence-electron chi connectivity index (χ3n) is 4.91. The molecule has 21 heavy (non-hydrogen) atoms. The van der Waals surface area contributed by atoms with Gasteiger partial charge < -0.3 is 16.0 Å². The molecule has 0 aromatic carbocycles. The minimum Gasteiger partial charge on any atom is -0.368 e. The number of carbonyl (C=O) groups excluding carboxylic acids is 1. The molecule has 1 aliphatic rings. The summed E-state index contributed by atoms with van der Waals surface area (Å²) in [4.78, 5) is 16.5. The fraction of sp³-hybridized carbons (Fsp3) is 0.938. The van der Waals surface area contributed by atoms with Gasteiger partial charge in [0, 0.05) is 25.2 Å². The first-order valence-electron chi connectivity index (χ1n) is 8.20. The van der Waals surface area contributed by atoms with Crippen molar-refractivity contribution >= 4 is 5.91 Å². The van der Waals surface area contributed by atoms with E-state index in [4.69, 9.17) is 5.73 Å². The molecule has 1 aliphatic heterocycles. The predicted octanol–water partition coefficient (Wildman–Crippen LogP) is 1.04. The van der Waals surface area contributed by atoms with Gasteiger partial charge in [0.25, 0.3) is 0 Å². The van der Waals surface area contributed by atoms with Gasteiger partial charge in [0.15, 0.2) is 0 Å². The minimum atomic E-state index is -0.559. The minimum absolute atomic E-state index is 0.245. The van der Waals surface area contributed by atoms with E-state index in [0.717, 1.165) is 52.0 Å². The molecular weight excluding hydrogens is 264 g/mol. The highest BCUT2D eigenvalue weighted by Gasteiger charge is 2.31. The molecule has 0 aliphatic carbocycles. The van der Waals surface area contributed by atoms with Crippen molar-refractivity contribution in [1.82, 2.24) is 15.1 Å². The number of primary amides is 1. The van der Waals surface area contributed by atoms with Crippen LogP contribution in [-0.2, 0) is 4.79 Å². The van der Waals surface area contributed by atoms with Crippen LogP contribution in [0.1, 0.15) is 47.0 Å².